The lowest BCUT2D eigenvalue weighted by Gasteiger charge is -2.27. The fourth-order valence-corrected chi connectivity index (χ4v) is 3.08. The van der Waals surface area contributed by atoms with Crippen LogP contribution in [0.5, 0.6) is 0 Å². The third kappa shape index (κ3) is 4.07. The first-order chi connectivity index (χ1) is 10.6. The van der Waals surface area contributed by atoms with Gasteiger partial charge in [0.15, 0.2) is 0 Å². The number of amides is 1. The van der Waals surface area contributed by atoms with Gasteiger partial charge in [0.1, 0.15) is 0 Å². The fraction of sp³-hybridized carbons (Fsp3) is 0.529. The molecule has 5 heteroatoms. The van der Waals surface area contributed by atoms with E-state index in [1.54, 1.807) is 7.11 Å². The predicted molar refractivity (Wildman–Crippen MR) is 82.1 cm³/mol. The molecule has 1 aliphatic carbocycles. The molecule has 0 saturated heterocycles. The lowest BCUT2D eigenvalue weighted by Crippen LogP contribution is -2.39. The second-order valence-corrected chi connectivity index (χ2v) is 5.76. The van der Waals surface area contributed by atoms with Gasteiger partial charge < -0.3 is 15.2 Å². The van der Waals surface area contributed by atoms with Gasteiger partial charge >= 0.3 is 5.97 Å². The summed E-state index contributed by atoms with van der Waals surface area (Å²) >= 11 is 0. The minimum absolute atomic E-state index is 0.153. The van der Waals surface area contributed by atoms with Gasteiger partial charge in [-0.3, -0.25) is 9.59 Å². The lowest BCUT2D eigenvalue weighted by molar-refractivity contribution is -0.148. The molecule has 0 unspecified atom stereocenters. The molecule has 0 aromatic heterocycles. The molecule has 22 heavy (non-hydrogen) atoms. The molecule has 1 aromatic carbocycles. The second-order valence-electron chi connectivity index (χ2n) is 5.76. The number of carboxylic acids is 1. The van der Waals surface area contributed by atoms with Gasteiger partial charge in [-0.15, -0.1) is 0 Å². The van der Waals surface area contributed by atoms with Crippen LogP contribution in [0.25, 0.3) is 0 Å². The standard InChI is InChI=1S/C17H23NO4/c1-22-11-13-7-3-2-6-12(13)10-18-16(19)14-8-4-5-9-15(14)17(20)21/h2-3,6-7,14-15H,4-5,8-11H2,1H3,(H,18,19)(H,20,21)/t14-,15+/m1/s1. The van der Waals surface area contributed by atoms with Gasteiger partial charge in [-0.25, -0.2) is 0 Å². The Morgan fingerprint density at radius 3 is 2.45 bits per heavy atom. The number of carbonyl (C=O) groups is 2. The van der Waals surface area contributed by atoms with Gasteiger partial charge in [0, 0.05) is 13.7 Å². The number of ether oxygens (including phenoxy) is 1. The molecule has 5 nitrogen and oxygen atoms in total. The molecular weight excluding hydrogens is 282 g/mol. The Bertz CT molecular complexity index is 529. The highest BCUT2D eigenvalue weighted by Gasteiger charge is 2.35. The molecule has 120 valence electrons. The molecule has 1 fully saturated rings. The summed E-state index contributed by atoms with van der Waals surface area (Å²) in [7, 11) is 1.63. The van der Waals surface area contributed by atoms with Crippen molar-refractivity contribution in [1.82, 2.24) is 5.32 Å². The number of aliphatic carboxylic acids is 1. The maximum Gasteiger partial charge on any atom is 0.307 e. The SMILES string of the molecule is COCc1ccccc1CNC(=O)[C@@H]1CCCC[C@@H]1C(=O)O. The van der Waals surface area contributed by atoms with Crippen molar-refractivity contribution >= 4 is 11.9 Å². The van der Waals surface area contributed by atoms with E-state index in [2.05, 4.69) is 5.32 Å². The van der Waals surface area contributed by atoms with Crippen LogP contribution in [0.4, 0.5) is 0 Å². The van der Waals surface area contributed by atoms with Crippen LogP contribution in [0.2, 0.25) is 0 Å². The van der Waals surface area contributed by atoms with Crippen LogP contribution < -0.4 is 5.32 Å². The molecule has 0 aliphatic heterocycles. The fourth-order valence-electron chi connectivity index (χ4n) is 3.08. The summed E-state index contributed by atoms with van der Waals surface area (Å²) in [4.78, 5) is 23.6. The van der Waals surface area contributed by atoms with E-state index < -0.39 is 17.8 Å². The average molecular weight is 305 g/mol. The normalized spacial score (nSPS) is 21.3. The Morgan fingerprint density at radius 1 is 1.18 bits per heavy atom. The largest absolute Gasteiger partial charge is 0.481 e. The zero-order valence-electron chi connectivity index (χ0n) is 12.9. The Hall–Kier alpha value is -1.88. The molecule has 2 atom stereocenters. The number of hydrogen-bond donors (Lipinski definition) is 2. The smallest absolute Gasteiger partial charge is 0.307 e. The van der Waals surface area contributed by atoms with E-state index in [0.29, 0.717) is 26.0 Å². The van der Waals surface area contributed by atoms with Crippen LogP contribution in [-0.4, -0.2) is 24.1 Å². The molecule has 0 heterocycles. The summed E-state index contributed by atoms with van der Waals surface area (Å²) < 4.78 is 5.15. The molecule has 1 saturated carbocycles. The number of carbonyl (C=O) groups excluding carboxylic acids is 1. The van der Waals surface area contributed by atoms with Gasteiger partial charge in [0.05, 0.1) is 18.4 Å². The number of methoxy groups -OCH3 is 1. The van der Waals surface area contributed by atoms with Crippen molar-refractivity contribution in [2.24, 2.45) is 11.8 Å². The van der Waals surface area contributed by atoms with Crippen molar-refractivity contribution in [3.05, 3.63) is 35.4 Å². The predicted octanol–water partition coefficient (Wildman–Crippen LogP) is 2.34. The van der Waals surface area contributed by atoms with Gasteiger partial charge in [-0.05, 0) is 24.0 Å². The molecule has 1 aliphatic rings. The highest BCUT2D eigenvalue weighted by atomic mass is 16.5. The van der Waals surface area contributed by atoms with E-state index in [0.717, 1.165) is 24.0 Å². The summed E-state index contributed by atoms with van der Waals surface area (Å²) in [5.74, 6) is -1.98. The van der Waals surface area contributed by atoms with Gasteiger partial charge in [-0.1, -0.05) is 37.1 Å². The first-order valence-corrected chi connectivity index (χ1v) is 7.69. The molecule has 1 amide bonds. The van der Waals surface area contributed by atoms with Crippen molar-refractivity contribution in [3.63, 3.8) is 0 Å². The average Bonchev–Trinajstić information content (AvgIpc) is 2.54. The van der Waals surface area contributed by atoms with Crippen LogP contribution in [0.3, 0.4) is 0 Å². The minimum Gasteiger partial charge on any atom is -0.481 e. The van der Waals surface area contributed by atoms with Crippen molar-refractivity contribution < 1.29 is 19.4 Å². The van der Waals surface area contributed by atoms with E-state index in [1.165, 1.54) is 0 Å². The van der Waals surface area contributed by atoms with Crippen LogP contribution in [0.15, 0.2) is 24.3 Å². The topological polar surface area (TPSA) is 75.6 Å². The summed E-state index contributed by atoms with van der Waals surface area (Å²) in [5, 5.41) is 12.2. The first kappa shape index (κ1) is 16.5. The molecule has 2 N–H and O–H groups in total. The number of carboxylic acid groups (broad SMARTS) is 1. The number of hydrogen-bond acceptors (Lipinski definition) is 3. The van der Waals surface area contributed by atoms with Crippen LogP contribution in [0.1, 0.15) is 36.8 Å². The Kier molecular flexibility index (Phi) is 5.95. The zero-order valence-corrected chi connectivity index (χ0v) is 12.9. The monoisotopic (exact) mass is 305 g/mol. The number of nitrogens with one attached hydrogen (secondary N) is 1. The third-order valence-electron chi connectivity index (χ3n) is 4.29. The van der Waals surface area contributed by atoms with Crippen LogP contribution in [0, 0.1) is 11.8 Å². The summed E-state index contributed by atoms with van der Waals surface area (Å²) in [6.45, 7) is 0.897. The molecular formula is C17H23NO4. The molecule has 2 rings (SSSR count). The Balaban J connectivity index is 1.98. The van der Waals surface area contributed by atoms with Crippen LogP contribution in [-0.2, 0) is 27.5 Å². The van der Waals surface area contributed by atoms with Crippen molar-refractivity contribution in [1.29, 1.82) is 0 Å². The maximum atomic E-state index is 12.3. The van der Waals surface area contributed by atoms with Gasteiger partial charge in [0.25, 0.3) is 0 Å². The highest BCUT2D eigenvalue weighted by molar-refractivity contribution is 5.84. The van der Waals surface area contributed by atoms with E-state index in [-0.39, 0.29) is 5.91 Å². The number of rotatable bonds is 6. The second kappa shape index (κ2) is 7.94. The minimum atomic E-state index is -0.861. The highest BCUT2D eigenvalue weighted by Crippen LogP contribution is 2.30. The zero-order chi connectivity index (χ0) is 15.9. The maximum absolute atomic E-state index is 12.3. The third-order valence-corrected chi connectivity index (χ3v) is 4.29. The van der Waals surface area contributed by atoms with E-state index in [4.69, 9.17) is 4.74 Å². The molecule has 1 aromatic rings. The summed E-state index contributed by atoms with van der Waals surface area (Å²) in [6, 6.07) is 7.76. The van der Waals surface area contributed by atoms with Crippen molar-refractivity contribution in [2.45, 2.75) is 38.8 Å². The Labute approximate surface area is 130 Å². The van der Waals surface area contributed by atoms with E-state index in [9.17, 15) is 14.7 Å². The van der Waals surface area contributed by atoms with Crippen LogP contribution >= 0.6 is 0 Å². The van der Waals surface area contributed by atoms with E-state index >= 15 is 0 Å². The summed E-state index contributed by atoms with van der Waals surface area (Å²) in [6.07, 6.45) is 3.05. The Morgan fingerprint density at radius 2 is 1.82 bits per heavy atom. The van der Waals surface area contributed by atoms with Gasteiger partial charge in [-0.2, -0.15) is 0 Å². The summed E-state index contributed by atoms with van der Waals surface area (Å²) in [5.41, 5.74) is 2.03. The van der Waals surface area contributed by atoms with Gasteiger partial charge in [0.2, 0.25) is 5.91 Å². The van der Waals surface area contributed by atoms with E-state index in [1.807, 2.05) is 24.3 Å². The van der Waals surface area contributed by atoms with Crippen molar-refractivity contribution in [2.75, 3.05) is 7.11 Å². The number of benzene rings is 1. The first-order valence-electron chi connectivity index (χ1n) is 7.69. The quantitative estimate of drug-likeness (QED) is 0.846. The van der Waals surface area contributed by atoms with Crippen molar-refractivity contribution in [3.8, 4) is 0 Å². The molecule has 0 bridgehead atoms. The molecule has 0 radical (unpaired) electrons. The molecule has 0 spiro atoms. The lowest BCUT2D eigenvalue weighted by atomic mass is 9.78.